The number of fused-ring (bicyclic) bond motifs is 1. The topological polar surface area (TPSA) is 120 Å². The quantitative estimate of drug-likeness (QED) is 0.542. The molecular weight excluding hydrogens is 487 g/mol. The van der Waals surface area contributed by atoms with Crippen LogP contribution in [-0.4, -0.2) is 40.0 Å². The van der Waals surface area contributed by atoms with Crippen LogP contribution in [0.25, 0.3) is 5.69 Å². The maximum atomic E-state index is 13.4. The van der Waals surface area contributed by atoms with Crippen LogP contribution in [0.4, 0.5) is 23.7 Å². The third kappa shape index (κ3) is 4.42. The molecule has 188 valence electrons. The van der Waals surface area contributed by atoms with Crippen LogP contribution < -0.4 is 25.6 Å². The number of alkyl halides is 3. The van der Waals surface area contributed by atoms with Crippen molar-refractivity contribution in [1.82, 2.24) is 9.13 Å². The number of aromatic nitrogens is 2. The van der Waals surface area contributed by atoms with E-state index in [9.17, 15) is 32.3 Å². The molecule has 0 bridgehead atoms. The number of hydrogen-bond acceptors (Lipinski definition) is 6. The van der Waals surface area contributed by atoms with Crippen molar-refractivity contribution in [3.8, 4) is 17.2 Å². The van der Waals surface area contributed by atoms with Crippen molar-refractivity contribution in [1.29, 1.82) is 0 Å². The van der Waals surface area contributed by atoms with E-state index in [-0.39, 0.29) is 35.1 Å². The Balaban J connectivity index is 1.88. The lowest BCUT2D eigenvalue weighted by Gasteiger charge is -2.26. The van der Waals surface area contributed by atoms with Gasteiger partial charge in [-0.1, -0.05) is 12.1 Å². The van der Waals surface area contributed by atoms with Crippen LogP contribution in [0.3, 0.4) is 0 Å². The molecule has 1 N–H and O–H groups in total. The largest absolute Gasteiger partial charge is 0.511 e. The second-order valence-electron chi connectivity index (χ2n) is 7.89. The van der Waals surface area contributed by atoms with E-state index in [1.807, 2.05) is 0 Å². The van der Waals surface area contributed by atoms with Crippen molar-refractivity contribution in [3.05, 3.63) is 80.1 Å². The summed E-state index contributed by atoms with van der Waals surface area (Å²) in [6, 6.07) is 7.65. The van der Waals surface area contributed by atoms with E-state index >= 15 is 0 Å². The van der Waals surface area contributed by atoms with Gasteiger partial charge in [0.2, 0.25) is 5.75 Å². The Hall–Kier alpha value is -4.55. The maximum Gasteiger partial charge on any atom is 0.511 e. The summed E-state index contributed by atoms with van der Waals surface area (Å²) in [6.45, 7) is 0.379. The van der Waals surface area contributed by atoms with E-state index in [1.165, 1.54) is 43.1 Å². The zero-order valence-electron chi connectivity index (χ0n) is 18.8. The Morgan fingerprint density at radius 2 is 1.89 bits per heavy atom. The molecule has 0 atom stereocenters. The molecule has 0 fully saturated rings. The van der Waals surface area contributed by atoms with Crippen molar-refractivity contribution < 1.29 is 37.3 Å². The summed E-state index contributed by atoms with van der Waals surface area (Å²) >= 11 is 0. The fourth-order valence-electron chi connectivity index (χ4n) is 3.81. The molecule has 0 saturated heterocycles. The van der Waals surface area contributed by atoms with Gasteiger partial charge >= 0.3 is 18.0 Å². The minimum Gasteiger partial charge on any atom is -0.481 e. The summed E-state index contributed by atoms with van der Waals surface area (Å²) < 4.78 is 51.5. The van der Waals surface area contributed by atoms with E-state index < -0.39 is 41.4 Å². The first-order valence-electron chi connectivity index (χ1n) is 10.3. The lowest BCUT2D eigenvalue weighted by Crippen LogP contribution is -2.40. The number of carbonyl (C=O) groups is 2. The summed E-state index contributed by atoms with van der Waals surface area (Å²) in [5.74, 6) is -0.791. The molecule has 2 heterocycles. The first kappa shape index (κ1) is 24.6. The Morgan fingerprint density at radius 1 is 1.17 bits per heavy atom. The van der Waals surface area contributed by atoms with Gasteiger partial charge in [0.05, 0.1) is 29.7 Å². The van der Waals surface area contributed by atoms with Gasteiger partial charge in [0.15, 0.2) is 6.61 Å². The van der Waals surface area contributed by atoms with Gasteiger partial charge in [0.1, 0.15) is 5.75 Å². The number of amides is 1. The van der Waals surface area contributed by atoms with Crippen LogP contribution in [0.5, 0.6) is 11.5 Å². The normalized spacial score (nSPS) is 13.2. The molecule has 13 heteroatoms. The zero-order chi connectivity index (χ0) is 26.4. The van der Waals surface area contributed by atoms with Gasteiger partial charge in [-0.2, -0.15) is 13.2 Å². The molecule has 10 nitrogen and oxygen atoms in total. The number of benzene rings is 2. The third-order valence-electron chi connectivity index (χ3n) is 5.72. The van der Waals surface area contributed by atoms with Crippen molar-refractivity contribution >= 4 is 17.7 Å². The van der Waals surface area contributed by atoms with Crippen molar-refractivity contribution in [2.45, 2.75) is 19.6 Å². The molecule has 36 heavy (non-hydrogen) atoms. The number of rotatable bonds is 4. The first-order valence-corrected chi connectivity index (χ1v) is 10.3. The number of hydrogen-bond donors (Lipinski definition) is 1. The molecule has 0 radical (unpaired) electrons. The third-order valence-corrected chi connectivity index (χ3v) is 5.72. The van der Waals surface area contributed by atoms with E-state index in [0.717, 1.165) is 22.9 Å². The van der Waals surface area contributed by atoms with E-state index in [0.29, 0.717) is 10.3 Å². The molecule has 2 aromatic carbocycles. The van der Waals surface area contributed by atoms with Gasteiger partial charge in [0, 0.05) is 13.1 Å². The standard InChI is InChI=1S/C23H18F3N3O7/c1-12-13(4-3-5-15(12)23(24,25)26)9-29-20(31)18(36-22(33)34)10-28(21(29)32)14-6-7-16-17(8-14)35-11-19(30)27(16)2/h3-8,10H,9,11H2,1-2H3,(H,33,34). The number of carboxylic acid groups (broad SMARTS) is 1. The Labute approximate surface area is 200 Å². The smallest absolute Gasteiger partial charge is 0.481 e. The summed E-state index contributed by atoms with van der Waals surface area (Å²) in [5, 5.41) is 9.04. The van der Waals surface area contributed by atoms with Crippen LogP contribution in [-0.2, 0) is 17.5 Å². The average molecular weight is 505 g/mol. The highest BCUT2D eigenvalue weighted by Crippen LogP contribution is 2.34. The van der Waals surface area contributed by atoms with Gasteiger partial charge < -0.3 is 19.5 Å². The highest BCUT2D eigenvalue weighted by Gasteiger charge is 2.33. The summed E-state index contributed by atoms with van der Waals surface area (Å²) in [7, 11) is 1.53. The van der Waals surface area contributed by atoms with Crippen molar-refractivity contribution in [2.24, 2.45) is 0 Å². The highest BCUT2D eigenvalue weighted by atomic mass is 19.4. The Morgan fingerprint density at radius 3 is 2.56 bits per heavy atom. The van der Waals surface area contributed by atoms with Gasteiger partial charge in [-0.05, 0) is 36.2 Å². The van der Waals surface area contributed by atoms with Crippen molar-refractivity contribution in [2.75, 3.05) is 18.6 Å². The van der Waals surface area contributed by atoms with Crippen LogP contribution in [0.2, 0.25) is 0 Å². The second kappa shape index (κ2) is 8.91. The number of carbonyl (C=O) groups excluding carboxylic acids is 1. The minimum absolute atomic E-state index is 0.0250. The van der Waals surface area contributed by atoms with E-state index in [1.54, 1.807) is 0 Å². The molecule has 3 aromatic rings. The molecule has 1 aromatic heterocycles. The Kier molecular flexibility index (Phi) is 6.08. The van der Waals surface area contributed by atoms with Gasteiger partial charge in [0.25, 0.3) is 11.5 Å². The van der Waals surface area contributed by atoms with Gasteiger partial charge in [-0.15, -0.1) is 0 Å². The van der Waals surface area contributed by atoms with Crippen LogP contribution in [0.1, 0.15) is 16.7 Å². The monoisotopic (exact) mass is 505 g/mol. The number of ether oxygens (including phenoxy) is 2. The second-order valence-corrected chi connectivity index (χ2v) is 7.89. The lowest BCUT2D eigenvalue weighted by molar-refractivity contribution is -0.138. The summed E-state index contributed by atoms with van der Waals surface area (Å²) in [4.78, 5) is 50.5. The average Bonchev–Trinajstić information content (AvgIpc) is 2.80. The lowest BCUT2D eigenvalue weighted by atomic mass is 10.0. The van der Waals surface area contributed by atoms with Crippen LogP contribution >= 0.6 is 0 Å². The fourth-order valence-corrected chi connectivity index (χ4v) is 3.81. The van der Waals surface area contributed by atoms with E-state index in [2.05, 4.69) is 4.74 Å². The van der Waals surface area contributed by atoms with E-state index in [4.69, 9.17) is 9.84 Å². The van der Waals surface area contributed by atoms with Crippen LogP contribution in [0, 0.1) is 6.92 Å². The number of halogens is 3. The molecule has 4 rings (SSSR count). The molecule has 1 aliphatic rings. The molecule has 1 amide bonds. The molecule has 0 unspecified atom stereocenters. The Bertz CT molecular complexity index is 1510. The number of nitrogens with zero attached hydrogens (tertiary/aromatic N) is 3. The SMILES string of the molecule is Cc1c(Cn2c(=O)c(OC(=O)O)cn(-c3ccc4c(c3)OCC(=O)N4C)c2=O)cccc1C(F)(F)F. The fraction of sp³-hybridized carbons (Fsp3) is 0.217. The summed E-state index contributed by atoms with van der Waals surface area (Å²) in [5.41, 5.74) is -2.66. The molecule has 0 aliphatic carbocycles. The molecule has 1 aliphatic heterocycles. The number of likely N-dealkylation sites (N-methyl/N-ethyl adjacent to an activating group) is 1. The zero-order valence-corrected chi connectivity index (χ0v) is 18.8. The van der Waals surface area contributed by atoms with Crippen molar-refractivity contribution in [3.63, 3.8) is 0 Å². The molecule has 0 saturated carbocycles. The first-order chi connectivity index (χ1) is 16.9. The molecular formula is C23H18F3N3O7. The minimum atomic E-state index is -4.66. The van der Waals surface area contributed by atoms with Gasteiger partial charge in [-0.25, -0.2) is 9.59 Å². The predicted octanol–water partition coefficient (Wildman–Crippen LogP) is 2.79. The maximum absolute atomic E-state index is 13.4. The summed E-state index contributed by atoms with van der Waals surface area (Å²) in [6.07, 6.45) is -5.61. The predicted molar refractivity (Wildman–Crippen MR) is 119 cm³/mol. The van der Waals surface area contributed by atoms with Gasteiger partial charge in [-0.3, -0.25) is 18.7 Å². The number of anilines is 1. The van der Waals surface area contributed by atoms with Crippen LogP contribution in [0.15, 0.2) is 52.2 Å². The highest BCUT2D eigenvalue weighted by molar-refractivity contribution is 5.97. The molecule has 0 spiro atoms.